The fourth-order valence-electron chi connectivity index (χ4n) is 4.39. The van der Waals surface area contributed by atoms with Gasteiger partial charge in [0, 0.05) is 12.6 Å². The maximum atomic E-state index is 13.5. The maximum absolute atomic E-state index is 13.5. The van der Waals surface area contributed by atoms with Crippen molar-refractivity contribution in [3.05, 3.63) is 106 Å². The van der Waals surface area contributed by atoms with Gasteiger partial charge in [0.15, 0.2) is 0 Å². The van der Waals surface area contributed by atoms with Crippen molar-refractivity contribution in [2.24, 2.45) is 7.05 Å². The number of rotatable bonds is 11. The highest BCUT2D eigenvalue weighted by Crippen LogP contribution is 2.19. The van der Waals surface area contributed by atoms with Crippen LogP contribution >= 0.6 is 11.8 Å². The van der Waals surface area contributed by atoms with Crippen LogP contribution in [-0.4, -0.2) is 52.2 Å². The van der Waals surface area contributed by atoms with E-state index in [0.29, 0.717) is 40.6 Å². The van der Waals surface area contributed by atoms with Crippen LogP contribution in [0, 0.1) is 6.92 Å². The quantitative estimate of drug-likeness (QED) is 0.241. The lowest BCUT2D eigenvalue weighted by Gasteiger charge is -2.19. The number of nitrogens with one attached hydrogen (secondary N) is 3. The molecule has 4 rings (SSSR count). The Labute approximate surface area is 248 Å². The second-order valence-corrected chi connectivity index (χ2v) is 10.4. The summed E-state index contributed by atoms with van der Waals surface area (Å²) >= 11 is 1.53. The first-order valence-electron chi connectivity index (χ1n) is 13.2. The van der Waals surface area contributed by atoms with Gasteiger partial charge < -0.3 is 20.7 Å². The van der Waals surface area contributed by atoms with E-state index in [9.17, 15) is 19.2 Å². The van der Waals surface area contributed by atoms with Gasteiger partial charge in [-0.3, -0.25) is 23.9 Å². The van der Waals surface area contributed by atoms with Crippen LogP contribution in [0.1, 0.15) is 32.8 Å². The van der Waals surface area contributed by atoms with E-state index in [4.69, 9.17) is 4.74 Å². The molecule has 0 radical (unpaired) electrons. The van der Waals surface area contributed by atoms with Gasteiger partial charge in [0.2, 0.25) is 5.91 Å². The lowest BCUT2D eigenvalue weighted by molar-refractivity contribution is -0.118. The zero-order valence-electron chi connectivity index (χ0n) is 23.8. The Morgan fingerprint density at radius 3 is 2.24 bits per heavy atom. The average Bonchev–Trinajstić information content (AvgIpc) is 3.22. The molecular weight excluding hydrogens is 554 g/mol. The molecule has 218 valence electrons. The molecule has 0 spiro atoms. The highest BCUT2D eigenvalue weighted by molar-refractivity contribution is 7.98. The number of ether oxygens (including phenoxy) is 1. The Balaban J connectivity index is 1.54. The van der Waals surface area contributed by atoms with Gasteiger partial charge in [-0.05, 0) is 73.9 Å². The van der Waals surface area contributed by atoms with Crippen molar-refractivity contribution in [1.82, 2.24) is 14.7 Å². The van der Waals surface area contributed by atoms with Crippen molar-refractivity contribution >= 4 is 40.9 Å². The molecule has 0 aliphatic carbocycles. The minimum absolute atomic E-state index is 0.141. The number of aromatic nitrogens is 2. The van der Waals surface area contributed by atoms with Crippen molar-refractivity contribution in [1.29, 1.82) is 0 Å². The summed E-state index contributed by atoms with van der Waals surface area (Å²) in [7, 11) is 3.28. The number of benzene rings is 3. The third-order valence-corrected chi connectivity index (χ3v) is 7.45. The second-order valence-electron chi connectivity index (χ2n) is 9.46. The number of carbonyl (C=O) groups excluding carboxylic acids is 3. The molecule has 0 saturated carbocycles. The number of hydrogen-bond acceptors (Lipinski definition) is 6. The zero-order valence-corrected chi connectivity index (χ0v) is 24.7. The first-order chi connectivity index (χ1) is 20.2. The summed E-state index contributed by atoms with van der Waals surface area (Å²) in [6.07, 6.45) is 2.23. The Morgan fingerprint density at radius 1 is 0.905 bits per heavy atom. The van der Waals surface area contributed by atoms with E-state index in [1.54, 1.807) is 79.3 Å². The number of carbonyl (C=O) groups is 3. The molecule has 3 aromatic carbocycles. The predicted molar refractivity (Wildman–Crippen MR) is 166 cm³/mol. The molecule has 1 heterocycles. The SMILES string of the molecule is COc1ccc(C(=O)Nc2ccccc2C(=O)N[C@H](CCSC)C(=O)Nc2c(C)n(C)n(-c3ccccc3)c2=O)cc1. The number of thioether (sulfide) groups is 1. The normalized spacial score (nSPS) is 11.4. The average molecular weight is 588 g/mol. The standard InChI is InChI=1S/C31H33N5O5S/c1-20-27(31(40)36(35(20)2)22-10-6-5-7-11-22)34-30(39)26(18-19-42-4)33-29(38)24-12-8-9-13-25(24)32-28(37)21-14-16-23(41-3)17-15-21/h5-17,26H,18-19H2,1-4H3,(H,32,37)(H,33,38)(H,34,39)/t26-/m1/s1. The Bertz CT molecular complexity index is 1630. The van der Waals surface area contributed by atoms with Crippen LogP contribution in [-0.2, 0) is 11.8 Å². The molecule has 0 aliphatic rings. The Morgan fingerprint density at radius 2 is 1.57 bits per heavy atom. The van der Waals surface area contributed by atoms with Gasteiger partial charge in [-0.1, -0.05) is 30.3 Å². The molecule has 0 aliphatic heterocycles. The smallest absolute Gasteiger partial charge is 0.295 e. The summed E-state index contributed by atoms with van der Waals surface area (Å²) in [6, 6.07) is 21.3. The van der Waals surface area contributed by atoms with Crippen LogP contribution < -0.4 is 26.2 Å². The number of hydrogen-bond donors (Lipinski definition) is 3. The largest absolute Gasteiger partial charge is 0.497 e. The summed E-state index contributed by atoms with van der Waals surface area (Å²) in [5.41, 5.74) is 1.88. The molecule has 0 fully saturated rings. The summed E-state index contributed by atoms with van der Waals surface area (Å²) in [4.78, 5) is 53.1. The minimum atomic E-state index is -0.931. The molecule has 11 heteroatoms. The maximum Gasteiger partial charge on any atom is 0.295 e. The molecule has 1 aromatic heterocycles. The first kappa shape index (κ1) is 30.2. The van der Waals surface area contributed by atoms with Crippen LogP contribution in [0.2, 0.25) is 0 Å². The van der Waals surface area contributed by atoms with Gasteiger partial charge in [0.05, 0.1) is 29.7 Å². The van der Waals surface area contributed by atoms with Gasteiger partial charge in [-0.15, -0.1) is 0 Å². The lowest BCUT2D eigenvalue weighted by atomic mass is 10.1. The topological polar surface area (TPSA) is 123 Å². The van der Waals surface area contributed by atoms with Crippen LogP contribution in [0.15, 0.2) is 83.7 Å². The number of methoxy groups -OCH3 is 1. The molecule has 10 nitrogen and oxygen atoms in total. The lowest BCUT2D eigenvalue weighted by Crippen LogP contribution is -2.45. The van der Waals surface area contributed by atoms with Crippen LogP contribution in [0.5, 0.6) is 5.75 Å². The number of nitrogens with zero attached hydrogens (tertiary/aromatic N) is 2. The monoisotopic (exact) mass is 587 g/mol. The molecule has 3 N–H and O–H groups in total. The highest BCUT2D eigenvalue weighted by atomic mass is 32.2. The van der Waals surface area contributed by atoms with E-state index in [2.05, 4.69) is 16.0 Å². The number of anilines is 2. The summed E-state index contributed by atoms with van der Waals surface area (Å²) in [6.45, 7) is 1.74. The van der Waals surface area contributed by atoms with Crippen molar-refractivity contribution in [2.75, 3.05) is 29.8 Å². The van der Waals surface area contributed by atoms with E-state index in [-0.39, 0.29) is 16.8 Å². The summed E-state index contributed by atoms with van der Waals surface area (Å²) < 4.78 is 8.29. The van der Waals surface area contributed by atoms with E-state index in [0.717, 1.165) is 0 Å². The third kappa shape index (κ3) is 6.74. The van der Waals surface area contributed by atoms with Gasteiger partial charge in [-0.2, -0.15) is 11.8 Å². The van der Waals surface area contributed by atoms with Gasteiger partial charge in [-0.25, -0.2) is 4.68 Å². The minimum Gasteiger partial charge on any atom is -0.497 e. The molecule has 3 amide bonds. The fraction of sp³-hybridized carbons (Fsp3) is 0.226. The number of para-hydroxylation sites is 2. The van der Waals surface area contributed by atoms with Crippen LogP contribution in [0.3, 0.4) is 0 Å². The summed E-state index contributed by atoms with van der Waals surface area (Å²) in [5.74, 6) is -0.234. The molecule has 0 saturated heterocycles. The molecule has 42 heavy (non-hydrogen) atoms. The molecule has 0 bridgehead atoms. The highest BCUT2D eigenvalue weighted by Gasteiger charge is 2.26. The fourth-order valence-corrected chi connectivity index (χ4v) is 4.86. The van der Waals surface area contributed by atoms with E-state index in [1.165, 1.54) is 23.6 Å². The molecule has 4 aromatic rings. The molecule has 1 atom stereocenters. The van der Waals surface area contributed by atoms with Gasteiger partial charge >= 0.3 is 0 Å². The van der Waals surface area contributed by atoms with Gasteiger partial charge in [0.1, 0.15) is 17.5 Å². The van der Waals surface area contributed by atoms with Crippen LogP contribution in [0.25, 0.3) is 5.69 Å². The molecular formula is C31H33N5O5S. The molecule has 0 unspecified atom stereocenters. The zero-order chi connectivity index (χ0) is 30.2. The van der Waals surface area contributed by atoms with Crippen molar-refractivity contribution in [2.45, 2.75) is 19.4 Å². The van der Waals surface area contributed by atoms with Crippen molar-refractivity contribution in [3.63, 3.8) is 0 Å². The van der Waals surface area contributed by atoms with Crippen molar-refractivity contribution in [3.8, 4) is 11.4 Å². The van der Waals surface area contributed by atoms with Gasteiger partial charge in [0.25, 0.3) is 17.4 Å². The Kier molecular flexibility index (Phi) is 9.87. The van der Waals surface area contributed by atoms with E-state index in [1.807, 2.05) is 24.5 Å². The number of amides is 3. The van der Waals surface area contributed by atoms with E-state index >= 15 is 0 Å². The van der Waals surface area contributed by atoms with Crippen molar-refractivity contribution < 1.29 is 19.1 Å². The van der Waals surface area contributed by atoms with Crippen LogP contribution in [0.4, 0.5) is 11.4 Å². The van der Waals surface area contributed by atoms with E-state index < -0.39 is 23.8 Å². The second kappa shape index (κ2) is 13.7. The summed E-state index contributed by atoms with van der Waals surface area (Å²) in [5, 5.41) is 8.33. The Hall–Kier alpha value is -4.77. The predicted octanol–water partition coefficient (Wildman–Crippen LogP) is 4.24. The third-order valence-electron chi connectivity index (χ3n) is 6.81. The first-order valence-corrected chi connectivity index (χ1v) is 14.6.